The highest BCUT2D eigenvalue weighted by Gasteiger charge is 2.07. The van der Waals surface area contributed by atoms with Crippen LogP contribution in [-0.2, 0) is 9.47 Å². The molecule has 0 aliphatic heterocycles. The van der Waals surface area contributed by atoms with Gasteiger partial charge in [-0.05, 0) is 6.92 Å². The molecular formula is C9H16O4. The van der Waals surface area contributed by atoms with E-state index in [1.54, 1.807) is 0 Å². The second-order valence-corrected chi connectivity index (χ2v) is 2.51. The number of hydrogen-bond donors (Lipinski definition) is 2. The summed E-state index contributed by atoms with van der Waals surface area (Å²) in [7, 11) is 0. The minimum Gasteiger partial charge on any atom is -0.388 e. The molecule has 0 rings (SSSR count). The van der Waals surface area contributed by atoms with Gasteiger partial charge in [0.25, 0.3) is 0 Å². The van der Waals surface area contributed by atoms with Gasteiger partial charge < -0.3 is 19.7 Å². The molecule has 0 aromatic heterocycles. The highest BCUT2D eigenvalue weighted by molar-refractivity contribution is 4.84. The number of ether oxygens (including phenoxy) is 2. The van der Waals surface area contributed by atoms with Gasteiger partial charge >= 0.3 is 0 Å². The lowest BCUT2D eigenvalue weighted by Gasteiger charge is -2.13. The zero-order valence-corrected chi connectivity index (χ0v) is 7.77. The molecule has 0 spiro atoms. The first-order valence-electron chi connectivity index (χ1n) is 4.19. The third kappa shape index (κ3) is 7.75. The lowest BCUT2D eigenvalue weighted by molar-refractivity contribution is -0.126. The van der Waals surface area contributed by atoms with Gasteiger partial charge in [0.2, 0.25) is 0 Å². The van der Waals surface area contributed by atoms with Crippen molar-refractivity contribution in [3.05, 3.63) is 0 Å². The van der Waals surface area contributed by atoms with Crippen molar-refractivity contribution in [2.75, 3.05) is 19.8 Å². The Labute approximate surface area is 78.5 Å². The zero-order chi connectivity index (χ0) is 10.1. The van der Waals surface area contributed by atoms with E-state index >= 15 is 0 Å². The van der Waals surface area contributed by atoms with E-state index in [1.807, 2.05) is 6.92 Å². The molecule has 0 aromatic rings. The van der Waals surface area contributed by atoms with E-state index in [2.05, 4.69) is 5.92 Å². The summed E-state index contributed by atoms with van der Waals surface area (Å²) in [6.45, 7) is 2.62. The topological polar surface area (TPSA) is 58.9 Å². The summed E-state index contributed by atoms with van der Waals surface area (Å²) in [6.07, 6.45) is 3.35. The number of hydrogen-bond acceptors (Lipinski definition) is 4. The van der Waals surface area contributed by atoms with Crippen LogP contribution in [0.15, 0.2) is 0 Å². The molecule has 2 N–H and O–H groups in total. The van der Waals surface area contributed by atoms with Crippen LogP contribution < -0.4 is 0 Å². The molecule has 0 aliphatic rings. The highest BCUT2D eigenvalue weighted by atomic mass is 16.6. The summed E-state index contributed by atoms with van der Waals surface area (Å²) in [5.41, 5.74) is 0. The zero-order valence-electron chi connectivity index (χ0n) is 7.77. The molecule has 2 unspecified atom stereocenters. The first-order chi connectivity index (χ1) is 6.20. The average molecular weight is 188 g/mol. The Morgan fingerprint density at radius 1 is 1.38 bits per heavy atom. The van der Waals surface area contributed by atoms with Gasteiger partial charge in [-0.1, -0.05) is 0 Å². The Bertz CT molecular complexity index is 152. The van der Waals surface area contributed by atoms with Crippen molar-refractivity contribution in [2.45, 2.75) is 25.7 Å². The van der Waals surface area contributed by atoms with E-state index in [9.17, 15) is 5.11 Å². The maximum atomic E-state index is 9.18. The van der Waals surface area contributed by atoms with E-state index in [1.165, 1.54) is 0 Å². The molecule has 0 amide bonds. The molecule has 0 saturated carbocycles. The predicted molar refractivity (Wildman–Crippen MR) is 47.9 cm³/mol. The van der Waals surface area contributed by atoms with Gasteiger partial charge in [-0.15, -0.1) is 12.3 Å². The molecule has 76 valence electrons. The van der Waals surface area contributed by atoms with Crippen LogP contribution in [0.4, 0.5) is 0 Å². The minimum absolute atomic E-state index is 0.0306. The van der Waals surface area contributed by atoms with Gasteiger partial charge in [0, 0.05) is 6.61 Å². The number of aliphatic hydroxyl groups excluding tert-OH is 2. The number of terminal acetylenes is 1. The summed E-state index contributed by atoms with van der Waals surface area (Å²) in [6, 6.07) is 0. The van der Waals surface area contributed by atoms with Gasteiger partial charge in [-0.3, -0.25) is 0 Å². The summed E-state index contributed by atoms with van der Waals surface area (Å²) in [4.78, 5) is 0. The van der Waals surface area contributed by atoms with E-state index in [4.69, 9.17) is 21.0 Å². The first kappa shape index (κ1) is 12.4. The lowest BCUT2D eigenvalue weighted by Crippen LogP contribution is -2.25. The van der Waals surface area contributed by atoms with Crippen molar-refractivity contribution in [2.24, 2.45) is 0 Å². The van der Waals surface area contributed by atoms with Gasteiger partial charge in [-0.2, -0.15) is 0 Å². The van der Waals surface area contributed by atoms with Gasteiger partial charge in [0.05, 0.1) is 19.6 Å². The standard InChI is InChI=1S/C9H16O4/c1-3-5-9(11)13-7-8(10)6-12-4-2/h1,8-11H,4-7H2,2H3. The molecule has 4 heteroatoms. The van der Waals surface area contributed by atoms with Gasteiger partial charge in [0.15, 0.2) is 6.29 Å². The quantitative estimate of drug-likeness (QED) is 0.427. The molecule has 4 nitrogen and oxygen atoms in total. The molecule has 13 heavy (non-hydrogen) atoms. The molecule has 2 atom stereocenters. The van der Waals surface area contributed by atoms with Crippen LogP contribution >= 0.6 is 0 Å². The molecule has 0 heterocycles. The fourth-order valence-electron chi connectivity index (χ4n) is 0.684. The van der Waals surface area contributed by atoms with Crippen LogP contribution in [0.25, 0.3) is 0 Å². The maximum Gasteiger partial charge on any atom is 0.165 e. The largest absolute Gasteiger partial charge is 0.388 e. The fourth-order valence-corrected chi connectivity index (χ4v) is 0.684. The Morgan fingerprint density at radius 2 is 2.08 bits per heavy atom. The molecule has 0 bridgehead atoms. The molecule has 0 fully saturated rings. The van der Waals surface area contributed by atoms with Gasteiger partial charge in [0.1, 0.15) is 6.10 Å². The molecule has 0 aliphatic carbocycles. The number of rotatable bonds is 7. The SMILES string of the molecule is C#CCC(O)OCC(O)COCC. The highest BCUT2D eigenvalue weighted by Crippen LogP contribution is 1.95. The summed E-state index contributed by atoms with van der Waals surface area (Å²) in [5.74, 6) is 2.25. The second kappa shape index (κ2) is 8.02. The van der Waals surface area contributed by atoms with Crippen molar-refractivity contribution in [3.63, 3.8) is 0 Å². The molecule has 0 saturated heterocycles. The van der Waals surface area contributed by atoms with Crippen LogP contribution in [0.1, 0.15) is 13.3 Å². The van der Waals surface area contributed by atoms with Crippen molar-refractivity contribution in [1.29, 1.82) is 0 Å². The van der Waals surface area contributed by atoms with Crippen LogP contribution in [0, 0.1) is 12.3 Å². The second-order valence-electron chi connectivity index (χ2n) is 2.51. The van der Waals surface area contributed by atoms with Crippen LogP contribution in [0.3, 0.4) is 0 Å². The Kier molecular flexibility index (Phi) is 7.65. The Hall–Kier alpha value is -0.600. The average Bonchev–Trinajstić information content (AvgIpc) is 2.12. The minimum atomic E-state index is -0.999. The van der Waals surface area contributed by atoms with Gasteiger partial charge in [-0.25, -0.2) is 0 Å². The van der Waals surface area contributed by atoms with Crippen molar-refractivity contribution >= 4 is 0 Å². The Morgan fingerprint density at radius 3 is 2.62 bits per heavy atom. The van der Waals surface area contributed by atoms with E-state index in [-0.39, 0.29) is 19.6 Å². The summed E-state index contributed by atoms with van der Waals surface area (Å²) in [5, 5.41) is 18.2. The van der Waals surface area contributed by atoms with E-state index in [0.717, 1.165) is 0 Å². The van der Waals surface area contributed by atoms with Crippen LogP contribution in [-0.4, -0.2) is 42.4 Å². The smallest absolute Gasteiger partial charge is 0.165 e. The van der Waals surface area contributed by atoms with E-state index in [0.29, 0.717) is 6.61 Å². The molecule has 0 radical (unpaired) electrons. The lowest BCUT2D eigenvalue weighted by atomic mass is 10.4. The van der Waals surface area contributed by atoms with Crippen LogP contribution in [0.2, 0.25) is 0 Å². The van der Waals surface area contributed by atoms with Crippen molar-refractivity contribution < 1.29 is 19.7 Å². The molecule has 0 aromatic carbocycles. The monoisotopic (exact) mass is 188 g/mol. The number of aliphatic hydroxyl groups is 2. The third-order valence-corrected chi connectivity index (χ3v) is 1.29. The van der Waals surface area contributed by atoms with E-state index < -0.39 is 12.4 Å². The van der Waals surface area contributed by atoms with Crippen molar-refractivity contribution in [3.8, 4) is 12.3 Å². The summed E-state index contributed by atoms with van der Waals surface area (Å²) >= 11 is 0. The predicted octanol–water partition coefficient (Wildman–Crippen LogP) is -0.258. The third-order valence-electron chi connectivity index (χ3n) is 1.29. The first-order valence-corrected chi connectivity index (χ1v) is 4.19. The maximum absolute atomic E-state index is 9.18. The molecular weight excluding hydrogens is 172 g/mol. The Balaban J connectivity index is 3.35. The van der Waals surface area contributed by atoms with Crippen molar-refractivity contribution in [1.82, 2.24) is 0 Å². The summed E-state index contributed by atoms with van der Waals surface area (Å²) < 4.78 is 9.76. The van der Waals surface area contributed by atoms with Crippen LogP contribution in [0.5, 0.6) is 0 Å². The fraction of sp³-hybridized carbons (Fsp3) is 0.778. The normalized spacial score (nSPS) is 14.9.